The number of carbonyl (C=O) groups is 1. The summed E-state index contributed by atoms with van der Waals surface area (Å²) in [5.41, 5.74) is 4.70. The van der Waals surface area contributed by atoms with Crippen LogP contribution < -0.4 is 0 Å². The summed E-state index contributed by atoms with van der Waals surface area (Å²) in [7, 11) is 0. The standard InChI is InChI=1S/C26H31N3O2/c1-17(2)19-8-10-20(11-9-19)24-27-25(31-28-24)22-14-15-23(30)29(22)16-18-6-12-21(13-7-18)26(3,4)5/h6-13,17,22H,14-16H2,1-5H3. The molecule has 3 aromatic rings. The number of likely N-dealkylation sites (tertiary alicyclic amines) is 1. The van der Waals surface area contributed by atoms with Gasteiger partial charge in [-0.2, -0.15) is 4.98 Å². The van der Waals surface area contributed by atoms with E-state index in [0.717, 1.165) is 11.1 Å². The average Bonchev–Trinajstić information content (AvgIpc) is 3.35. The van der Waals surface area contributed by atoms with E-state index in [0.29, 0.717) is 37.0 Å². The lowest BCUT2D eigenvalue weighted by Crippen LogP contribution is -2.27. The van der Waals surface area contributed by atoms with Gasteiger partial charge in [-0.1, -0.05) is 88.3 Å². The van der Waals surface area contributed by atoms with Crippen LogP contribution in [0.4, 0.5) is 0 Å². The van der Waals surface area contributed by atoms with Gasteiger partial charge >= 0.3 is 0 Å². The number of rotatable bonds is 5. The summed E-state index contributed by atoms with van der Waals surface area (Å²) in [5.74, 6) is 1.69. The third kappa shape index (κ3) is 4.55. The number of aromatic nitrogens is 2. The number of hydrogen-bond donors (Lipinski definition) is 0. The summed E-state index contributed by atoms with van der Waals surface area (Å²) in [6.07, 6.45) is 1.21. The molecule has 0 aliphatic carbocycles. The van der Waals surface area contributed by atoms with Crippen LogP contribution in [-0.2, 0) is 16.8 Å². The fourth-order valence-electron chi connectivity index (χ4n) is 4.00. The molecule has 31 heavy (non-hydrogen) atoms. The summed E-state index contributed by atoms with van der Waals surface area (Å²) in [4.78, 5) is 19.1. The van der Waals surface area contributed by atoms with E-state index < -0.39 is 0 Å². The third-order valence-corrected chi connectivity index (χ3v) is 6.06. The molecular formula is C26H31N3O2. The maximum atomic E-state index is 12.6. The van der Waals surface area contributed by atoms with Crippen LogP contribution >= 0.6 is 0 Å². The molecule has 0 spiro atoms. The van der Waals surface area contributed by atoms with E-state index in [-0.39, 0.29) is 17.4 Å². The second-order valence-corrected chi connectivity index (χ2v) is 9.76. The predicted molar refractivity (Wildman–Crippen MR) is 121 cm³/mol. The largest absolute Gasteiger partial charge is 0.337 e. The Morgan fingerprint density at radius 3 is 2.35 bits per heavy atom. The molecule has 1 atom stereocenters. The fourth-order valence-corrected chi connectivity index (χ4v) is 4.00. The molecule has 2 heterocycles. The number of benzene rings is 2. The van der Waals surface area contributed by atoms with E-state index in [1.165, 1.54) is 11.1 Å². The van der Waals surface area contributed by atoms with Crippen LogP contribution in [0.5, 0.6) is 0 Å². The Labute approximate surface area is 184 Å². The monoisotopic (exact) mass is 417 g/mol. The molecule has 0 bridgehead atoms. The van der Waals surface area contributed by atoms with Crippen LogP contribution in [0.3, 0.4) is 0 Å². The zero-order valence-electron chi connectivity index (χ0n) is 19.1. The number of nitrogens with zero attached hydrogens (tertiary/aromatic N) is 3. The third-order valence-electron chi connectivity index (χ3n) is 6.06. The van der Waals surface area contributed by atoms with Crippen molar-refractivity contribution in [1.29, 1.82) is 0 Å². The van der Waals surface area contributed by atoms with Crippen LogP contribution in [-0.4, -0.2) is 20.9 Å². The van der Waals surface area contributed by atoms with Gasteiger partial charge in [-0.05, 0) is 34.4 Å². The summed E-state index contributed by atoms with van der Waals surface area (Å²) < 4.78 is 5.61. The molecule has 162 valence electrons. The normalized spacial score (nSPS) is 17.0. The lowest BCUT2D eigenvalue weighted by molar-refractivity contribution is -0.129. The molecule has 5 heteroatoms. The number of carbonyl (C=O) groups excluding carboxylic acids is 1. The Balaban J connectivity index is 1.52. The summed E-state index contributed by atoms with van der Waals surface area (Å²) >= 11 is 0. The van der Waals surface area contributed by atoms with Gasteiger partial charge in [0.15, 0.2) is 0 Å². The van der Waals surface area contributed by atoms with Gasteiger partial charge in [0.25, 0.3) is 0 Å². The van der Waals surface area contributed by atoms with E-state index in [2.05, 4.69) is 81.2 Å². The van der Waals surface area contributed by atoms with Gasteiger partial charge in [0, 0.05) is 18.5 Å². The second kappa shape index (κ2) is 8.29. The van der Waals surface area contributed by atoms with Crippen LogP contribution in [0.15, 0.2) is 53.1 Å². The summed E-state index contributed by atoms with van der Waals surface area (Å²) in [6, 6.07) is 16.6. The lowest BCUT2D eigenvalue weighted by Gasteiger charge is -2.23. The van der Waals surface area contributed by atoms with E-state index in [4.69, 9.17) is 4.52 Å². The molecule has 1 fully saturated rings. The molecule has 1 aromatic heterocycles. The second-order valence-electron chi connectivity index (χ2n) is 9.76. The summed E-state index contributed by atoms with van der Waals surface area (Å²) in [5, 5.41) is 4.19. The molecule has 1 aliphatic rings. The molecule has 1 aliphatic heterocycles. The van der Waals surface area contributed by atoms with Crippen LogP contribution in [0, 0.1) is 0 Å². The Morgan fingerprint density at radius 2 is 1.74 bits per heavy atom. The molecule has 5 nitrogen and oxygen atoms in total. The van der Waals surface area contributed by atoms with Gasteiger partial charge < -0.3 is 9.42 Å². The zero-order chi connectivity index (χ0) is 22.2. The van der Waals surface area contributed by atoms with E-state index in [9.17, 15) is 4.79 Å². The molecule has 1 unspecified atom stereocenters. The van der Waals surface area contributed by atoms with Crippen molar-refractivity contribution < 1.29 is 9.32 Å². The highest BCUT2D eigenvalue weighted by Crippen LogP contribution is 2.34. The van der Waals surface area contributed by atoms with Gasteiger partial charge in [-0.25, -0.2) is 0 Å². The van der Waals surface area contributed by atoms with Gasteiger partial charge in [0.05, 0.1) is 0 Å². The van der Waals surface area contributed by atoms with Gasteiger partial charge in [0.1, 0.15) is 6.04 Å². The minimum absolute atomic E-state index is 0.109. The molecule has 4 rings (SSSR count). The van der Waals surface area contributed by atoms with Gasteiger partial charge in [-0.3, -0.25) is 4.79 Å². The van der Waals surface area contributed by atoms with Gasteiger partial charge in [-0.15, -0.1) is 0 Å². The molecule has 1 amide bonds. The predicted octanol–water partition coefficient (Wildman–Crippen LogP) is 6.02. The SMILES string of the molecule is CC(C)c1ccc(-c2noc(C3CCC(=O)N3Cc3ccc(C(C)(C)C)cc3)n2)cc1. The van der Waals surface area contributed by atoms with Crippen molar-refractivity contribution in [1.82, 2.24) is 15.0 Å². The zero-order valence-corrected chi connectivity index (χ0v) is 19.1. The first kappa shape index (κ1) is 21.3. The Kier molecular flexibility index (Phi) is 5.69. The first-order chi connectivity index (χ1) is 14.7. The minimum Gasteiger partial charge on any atom is -0.337 e. The topological polar surface area (TPSA) is 59.2 Å². The van der Waals surface area contributed by atoms with E-state index in [1.807, 2.05) is 17.0 Å². The molecule has 0 saturated carbocycles. The lowest BCUT2D eigenvalue weighted by atomic mass is 9.87. The molecule has 0 N–H and O–H groups in total. The Bertz CT molecular complexity index is 1040. The smallest absolute Gasteiger partial charge is 0.249 e. The molecular weight excluding hydrogens is 386 g/mol. The highest BCUT2D eigenvalue weighted by atomic mass is 16.5. The maximum Gasteiger partial charge on any atom is 0.249 e. The van der Waals surface area contributed by atoms with Crippen LogP contribution in [0.2, 0.25) is 0 Å². The molecule has 1 saturated heterocycles. The van der Waals surface area contributed by atoms with Crippen LogP contribution in [0.1, 0.15) is 82.0 Å². The molecule has 2 aromatic carbocycles. The first-order valence-corrected chi connectivity index (χ1v) is 11.0. The highest BCUT2D eigenvalue weighted by molar-refractivity contribution is 5.78. The highest BCUT2D eigenvalue weighted by Gasteiger charge is 2.36. The van der Waals surface area contributed by atoms with E-state index in [1.54, 1.807) is 0 Å². The van der Waals surface area contributed by atoms with Crippen LogP contribution in [0.25, 0.3) is 11.4 Å². The first-order valence-electron chi connectivity index (χ1n) is 11.0. The van der Waals surface area contributed by atoms with Crippen molar-refractivity contribution in [3.63, 3.8) is 0 Å². The van der Waals surface area contributed by atoms with Crippen molar-refractivity contribution in [2.45, 2.75) is 71.4 Å². The number of hydrogen-bond acceptors (Lipinski definition) is 4. The number of amides is 1. The van der Waals surface area contributed by atoms with Crippen molar-refractivity contribution in [2.24, 2.45) is 0 Å². The quantitative estimate of drug-likeness (QED) is 0.509. The van der Waals surface area contributed by atoms with Crippen molar-refractivity contribution in [3.05, 3.63) is 71.1 Å². The Hall–Kier alpha value is -2.95. The fraction of sp³-hybridized carbons (Fsp3) is 0.423. The maximum absolute atomic E-state index is 12.6. The Morgan fingerprint density at radius 1 is 1.06 bits per heavy atom. The van der Waals surface area contributed by atoms with Crippen molar-refractivity contribution in [3.8, 4) is 11.4 Å². The minimum atomic E-state index is -0.175. The molecule has 0 radical (unpaired) electrons. The van der Waals surface area contributed by atoms with Crippen molar-refractivity contribution >= 4 is 5.91 Å². The van der Waals surface area contributed by atoms with Crippen molar-refractivity contribution in [2.75, 3.05) is 0 Å². The van der Waals surface area contributed by atoms with E-state index >= 15 is 0 Å². The average molecular weight is 418 g/mol. The van der Waals surface area contributed by atoms with Gasteiger partial charge in [0.2, 0.25) is 17.6 Å². The summed E-state index contributed by atoms with van der Waals surface area (Å²) in [6.45, 7) is 11.5.